The van der Waals surface area contributed by atoms with E-state index in [1.807, 2.05) is 24.3 Å². The summed E-state index contributed by atoms with van der Waals surface area (Å²) in [6.07, 6.45) is 4.41. The predicted octanol–water partition coefficient (Wildman–Crippen LogP) is 2.64. The molecule has 0 spiro atoms. The number of anilines is 1. The smallest absolute Gasteiger partial charge is 0.298 e. The van der Waals surface area contributed by atoms with Gasteiger partial charge in [0.2, 0.25) is 0 Å². The largest absolute Gasteiger partial charge is 0.490 e. The summed E-state index contributed by atoms with van der Waals surface area (Å²) in [5, 5.41) is 3.42. The summed E-state index contributed by atoms with van der Waals surface area (Å²) in [6, 6.07) is 10.7. The standard InChI is InChI=1S/C19H22N4O2/c1-2-14-5-3-7-17-18(14)22-19(25-17)23-10-9-21-11-15(23)13-24-16-6-4-8-20-12-16/h3-8,12,15,21H,2,9-11,13H2,1H3. The van der Waals surface area contributed by atoms with E-state index in [-0.39, 0.29) is 6.04 Å². The van der Waals surface area contributed by atoms with Gasteiger partial charge in [0.25, 0.3) is 6.01 Å². The minimum atomic E-state index is 0.159. The van der Waals surface area contributed by atoms with Crippen molar-refractivity contribution >= 4 is 17.1 Å². The number of hydrogen-bond acceptors (Lipinski definition) is 6. The van der Waals surface area contributed by atoms with Gasteiger partial charge < -0.3 is 19.4 Å². The first kappa shape index (κ1) is 15.9. The van der Waals surface area contributed by atoms with Crippen LogP contribution in [0, 0.1) is 0 Å². The maximum atomic E-state index is 6.05. The molecule has 2 aromatic heterocycles. The van der Waals surface area contributed by atoms with E-state index in [0.29, 0.717) is 12.6 Å². The van der Waals surface area contributed by atoms with Crippen molar-refractivity contribution in [2.24, 2.45) is 0 Å². The highest BCUT2D eigenvalue weighted by molar-refractivity contribution is 5.78. The van der Waals surface area contributed by atoms with Crippen LogP contribution in [-0.4, -0.2) is 42.3 Å². The van der Waals surface area contributed by atoms with Gasteiger partial charge in [0, 0.05) is 25.8 Å². The normalized spacial score (nSPS) is 17.8. The van der Waals surface area contributed by atoms with Gasteiger partial charge in [-0.3, -0.25) is 4.98 Å². The molecule has 1 aromatic carbocycles. The van der Waals surface area contributed by atoms with Gasteiger partial charge in [0.1, 0.15) is 17.9 Å². The van der Waals surface area contributed by atoms with Crippen molar-refractivity contribution in [3.63, 3.8) is 0 Å². The van der Waals surface area contributed by atoms with Crippen molar-refractivity contribution in [1.29, 1.82) is 0 Å². The third-order valence-electron chi connectivity index (χ3n) is 4.54. The molecule has 25 heavy (non-hydrogen) atoms. The maximum Gasteiger partial charge on any atom is 0.298 e. The summed E-state index contributed by atoms with van der Waals surface area (Å²) in [4.78, 5) is 11.1. The zero-order chi connectivity index (χ0) is 17.1. The molecule has 4 rings (SSSR count). The van der Waals surface area contributed by atoms with E-state index < -0.39 is 0 Å². The second kappa shape index (κ2) is 7.11. The molecule has 6 heteroatoms. The molecular formula is C19H22N4O2. The zero-order valence-corrected chi connectivity index (χ0v) is 14.3. The van der Waals surface area contributed by atoms with Gasteiger partial charge in [-0.2, -0.15) is 4.98 Å². The Hall–Kier alpha value is -2.60. The summed E-state index contributed by atoms with van der Waals surface area (Å²) in [6.45, 7) is 5.27. The number of aromatic nitrogens is 2. The van der Waals surface area contributed by atoms with Crippen LogP contribution in [0.1, 0.15) is 12.5 Å². The minimum absolute atomic E-state index is 0.159. The Balaban J connectivity index is 1.56. The molecule has 6 nitrogen and oxygen atoms in total. The highest BCUT2D eigenvalue weighted by Crippen LogP contribution is 2.26. The van der Waals surface area contributed by atoms with Crippen LogP contribution < -0.4 is 15.0 Å². The van der Waals surface area contributed by atoms with Gasteiger partial charge >= 0.3 is 0 Å². The molecule has 0 radical (unpaired) electrons. The molecule has 0 saturated carbocycles. The Kier molecular flexibility index (Phi) is 4.52. The molecule has 1 unspecified atom stereocenters. The van der Waals surface area contributed by atoms with Crippen LogP contribution in [0.25, 0.3) is 11.1 Å². The lowest BCUT2D eigenvalue weighted by atomic mass is 10.1. The first-order valence-electron chi connectivity index (χ1n) is 8.73. The molecule has 1 aliphatic rings. The minimum Gasteiger partial charge on any atom is -0.490 e. The highest BCUT2D eigenvalue weighted by Gasteiger charge is 2.27. The molecule has 0 aliphatic carbocycles. The zero-order valence-electron chi connectivity index (χ0n) is 14.3. The van der Waals surface area contributed by atoms with E-state index in [4.69, 9.17) is 14.1 Å². The number of hydrogen-bond donors (Lipinski definition) is 1. The van der Waals surface area contributed by atoms with E-state index in [2.05, 4.69) is 28.2 Å². The SMILES string of the molecule is CCc1cccc2oc(N3CCNCC3COc3cccnc3)nc12. The van der Waals surface area contributed by atoms with Gasteiger partial charge in [-0.25, -0.2) is 0 Å². The summed E-state index contributed by atoms with van der Waals surface area (Å²) < 4.78 is 12.0. The second-order valence-corrected chi connectivity index (χ2v) is 6.16. The summed E-state index contributed by atoms with van der Waals surface area (Å²) >= 11 is 0. The highest BCUT2D eigenvalue weighted by atomic mass is 16.5. The number of nitrogens with zero attached hydrogens (tertiary/aromatic N) is 3. The van der Waals surface area contributed by atoms with E-state index >= 15 is 0 Å². The molecule has 0 amide bonds. The number of nitrogens with one attached hydrogen (secondary N) is 1. The number of benzene rings is 1. The van der Waals surface area contributed by atoms with Gasteiger partial charge in [0.05, 0.1) is 12.2 Å². The van der Waals surface area contributed by atoms with Gasteiger partial charge in [-0.05, 0) is 30.2 Å². The van der Waals surface area contributed by atoms with Gasteiger partial charge in [0.15, 0.2) is 5.58 Å². The number of fused-ring (bicyclic) bond motifs is 1. The van der Waals surface area contributed by atoms with E-state index in [0.717, 1.165) is 42.9 Å². The fourth-order valence-corrected chi connectivity index (χ4v) is 3.19. The molecule has 0 bridgehead atoms. The van der Waals surface area contributed by atoms with Crippen molar-refractivity contribution in [3.8, 4) is 5.75 Å². The number of piperazine rings is 1. The van der Waals surface area contributed by atoms with Crippen molar-refractivity contribution in [1.82, 2.24) is 15.3 Å². The topological polar surface area (TPSA) is 63.4 Å². The van der Waals surface area contributed by atoms with E-state index in [1.165, 1.54) is 5.56 Å². The fourth-order valence-electron chi connectivity index (χ4n) is 3.19. The average Bonchev–Trinajstić information content (AvgIpc) is 3.11. The number of para-hydroxylation sites is 1. The third-order valence-corrected chi connectivity index (χ3v) is 4.54. The Morgan fingerprint density at radius 2 is 2.28 bits per heavy atom. The molecule has 3 heterocycles. The van der Waals surface area contributed by atoms with Crippen LogP contribution in [0.15, 0.2) is 47.1 Å². The Morgan fingerprint density at radius 1 is 1.32 bits per heavy atom. The van der Waals surface area contributed by atoms with Crippen LogP contribution in [0.2, 0.25) is 0 Å². The van der Waals surface area contributed by atoms with Crippen LogP contribution in [0.5, 0.6) is 5.75 Å². The lowest BCUT2D eigenvalue weighted by molar-refractivity contribution is 0.261. The monoisotopic (exact) mass is 338 g/mol. The van der Waals surface area contributed by atoms with Gasteiger partial charge in [-0.1, -0.05) is 19.1 Å². The lowest BCUT2D eigenvalue weighted by Gasteiger charge is -2.34. The van der Waals surface area contributed by atoms with E-state index in [9.17, 15) is 0 Å². The molecule has 1 saturated heterocycles. The number of pyridine rings is 1. The molecule has 1 N–H and O–H groups in total. The van der Waals surface area contributed by atoms with Crippen molar-refractivity contribution < 1.29 is 9.15 Å². The first-order chi connectivity index (χ1) is 12.3. The van der Waals surface area contributed by atoms with Crippen LogP contribution in [-0.2, 0) is 6.42 Å². The molecule has 1 atom stereocenters. The second-order valence-electron chi connectivity index (χ2n) is 6.16. The Morgan fingerprint density at radius 3 is 3.12 bits per heavy atom. The van der Waals surface area contributed by atoms with Crippen molar-refractivity contribution in [2.75, 3.05) is 31.1 Å². The molecule has 1 fully saturated rings. The summed E-state index contributed by atoms with van der Waals surface area (Å²) in [5.74, 6) is 0.777. The number of ether oxygens (including phenoxy) is 1. The average molecular weight is 338 g/mol. The fraction of sp³-hybridized carbons (Fsp3) is 0.368. The first-order valence-corrected chi connectivity index (χ1v) is 8.73. The molecule has 130 valence electrons. The van der Waals surface area contributed by atoms with E-state index in [1.54, 1.807) is 12.4 Å². The number of oxazole rings is 1. The van der Waals surface area contributed by atoms with Crippen LogP contribution in [0.3, 0.4) is 0 Å². The van der Waals surface area contributed by atoms with Crippen molar-refractivity contribution in [3.05, 3.63) is 48.3 Å². The summed E-state index contributed by atoms with van der Waals surface area (Å²) in [5.41, 5.74) is 3.02. The molecule has 1 aliphatic heterocycles. The van der Waals surface area contributed by atoms with Crippen LogP contribution in [0.4, 0.5) is 6.01 Å². The Labute approximate surface area is 146 Å². The molecular weight excluding hydrogens is 316 g/mol. The molecule has 3 aromatic rings. The van der Waals surface area contributed by atoms with Crippen molar-refractivity contribution in [2.45, 2.75) is 19.4 Å². The Bertz CT molecular complexity index is 834. The number of rotatable bonds is 5. The van der Waals surface area contributed by atoms with Crippen LogP contribution >= 0.6 is 0 Å². The predicted molar refractivity (Wildman–Crippen MR) is 97.1 cm³/mol. The number of aryl methyl sites for hydroxylation is 1. The lowest BCUT2D eigenvalue weighted by Crippen LogP contribution is -2.54. The third kappa shape index (κ3) is 3.30. The maximum absolute atomic E-state index is 6.05. The quantitative estimate of drug-likeness (QED) is 0.772. The van der Waals surface area contributed by atoms with Gasteiger partial charge in [-0.15, -0.1) is 0 Å². The summed E-state index contributed by atoms with van der Waals surface area (Å²) in [7, 11) is 0.